The van der Waals surface area contributed by atoms with Gasteiger partial charge in [0.25, 0.3) is 0 Å². The van der Waals surface area contributed by atoms with E-state index in [9.17, 15) is 4.79 Å². The van der Waals surface area contributed by atoms with Crippen LogP contribution in [0, 0.1) is 0 Å². The molecule has 3 aliphatic heterocycles. The Labute approximate surface area is 111 Å². The maximum absolute atomic E-state index is 10.8. The summed E-state index contributed by atoms with van der Waals surface area (Å²) in [6.07, 6.45) is 2.82. The number of rotatable bonds is 2. The van der Waals surface area contributed by atoms with Crippen molar-refractivity contribution >= 4 is 23.0 Å². The Morgan fingerprint density at radius 3 is 2.74 bits per heavy atom. The van der Waals surface area contributed by atoms with Crippen molar-refractivity contribution in [2.75, 3.05) is 18.0 Å². The lowest BCUT2D eigenvalue weighted by atomic mass is 9.99. The number of pyridine rings is 1. The lowest BCUT2D eigenvalue weighted by molar-refractivity contribution is -0.133. The van der Waals surface area contributed by atoms with E-state index in [0.717, 1.165) is 36.1 Å². The second-order valence-electron chi connectivity index (χ2n) is 5.26. The number of morpholine rings is 1. The summed E-state index contributed by atoms with van der Waals surface area (Å²) in [5.41, 5.74) is 1.62. The number of hydrogen-bond acceptors (Lipinski definition) is 4. The molecule has 0 aliphatic carbocycles. The van der Waals surface area contributed by atoms with Gasteiger partial charge in [0.2, 0.25) is 0 Å². The molecular formula is C15H14N2O2. The van der Waals surface area contributed by atoms with E-state index in [1.165, 1.54) is 6.42 Å². The Morgan fingerprint density at radius 2 is 2.00 bits per heavy atom. The number of piperidine rings is 1. The van der Waals surface area contributed by atoms with Crippen LogP contribution in [-0.2, 0) is 4.74 Å². The van der Waals surface area contributed by atoms with Crippen molar-refractivity contribution in [2.45, 2.75) is 18.6 Å². The van der Waals surface area contributed by atoms with Crippen LogP contribution in [0.3, 0.4) is 0 Å². The Morgan fingerprint density at radius 1 is 1.21 bits per heavy atom. The van der Waals surface area contributed by atoms with Gasteiger partial charge in [-0.05, 0) is 30.3 Å². The van der Waals surface area contributed by atoms with Gasteiger partial charge in [0.15, 0.2) is 0 Å². The number of carbonyl (C=O) groups is 1. The molecule has 4 heterocycles. The van der Waals surface area contributed by atoms with Crippen LogP contribution in [0.1, 0.15) is 16.8 Å². The van der Waals surface area contributed by atoms with Crippen LogP contribution in [0.25, 0.3) is 10.9 Å². The highest BCUT2D eigenvalue weighted by molar-refractivity contribution is 5.87. The zero-order chi connectivity index (χ0) is 12.8. The first-order valence-electron chi connectivity index (χ1n) is 6.58. The summed E-state index contributed by atoms with van der Waals surface area (Å²) in [7, 11) is 0. The molecule has 2 atom stereocenters. The number of aromatic nitrogens is 1. The van der Waals surface area contributed by atoms with E-state index in [-0.39, 0.29) is 0 Å². The highest BCUT2D eigenvalue weighted by Crippen LogP contribution is 2.31. The van der Waals surface area contributed by atoms with Gasteiger partial charge in [-0.2, -0.15) is 0 Å². The van der Waals surface area contributed by atoms with E-state index in [1.807, 2.05) is 30.3 Å². The predicted octanol–water partition coefficient (Wildman–Crippen LogP) is 2.02. The first-order chi connectivity index (χ1) is 9.31. The van der Waals surface area contributed by atoms with Crippen LogP contribution in [-0.4, -0.2) is 36.6 Å². The third-order valence-electron chi connectivity index (χ3n) is 3.92. The average molecular weight is 254 g/mol. The maximum atomic E-state index is 10.8. The zero-order valence-electron chi connectivity index (χ0n) is 10.5. The molecular weight excluding hydrogens is 240 g/mol. The third kappa shape index (κ3) is 1.79. The number of fused-ring (bicyclic) bond motifs is 3. The van der Waals surface area contributed by atoms with E-state index in [4.69, 9.17) is 4.74 Å². The molecule has 2 bridgehead atoms. The molecule has 3 aliphatic rings. The third-order valence-corrected chi connectivity index (χ3v) is 3.92. The van der Waals surface area contributed by atoms with Crippen molar-refractivity contribution < 1.29 is 9.53 Å². The Bertz CT molecular complexity index is 640. The van der Waals surface area contributed by atoms with E-state index in [2.05, 4.69) is 9.88 Å². The quantitative estimate of drug-likeness (QED) is 0.769. The minimum absolute atomic E-state index is 0.383. The zero-order valence-corrected chi connectivity index (χ0v) is 10.5. The number of hydrogen-bond donors (Lipinski definition) is 0. The largest absolute Gasteiger partial charge is 0.371 e. The fraction of sp³-hybridized carbons (Fsp3) is 0.333. The van der Waals surface area contributed by atoms with E-state index in [0.29, 0.717) is 17.8 Å². The Kier molecular flexibility index (Phi) is 2.32. The highest BCUT2D eigenvalue weighted by Gasteiger charge is 2.38. The van der Waals surface area contributed by atoms with Crippen LogP contribution in [0.4, 0.5) is 5.82 Å². The van der Waals surface area contributed by atoms with Crippen LogP contribution in [0.2, 0.25) is 0 Å². The van der Waals surface area contributed by atoms with Crippen molar-refractivity contribution in [1.29, 1.82) is 0 Å². The second kappa shape index (κ2) is 4.03. The van der Waals surface area contributed by atoms with E-state index in [1.54, 1.807) is 0 Å². The van der Waals surface area contributed by atoms with Gasteiger partial charge < -0.3 is 9.64 Å². The second-order valence-corrected chi connectivity index (χ2v) is 5.26. The maximum Gasteiger partial charge on any atom is 0.150 e. The number of nitrogens with zero attached hydrogens (tertiary/aromatic N) is 2. The highest BCUT2D eigenvalue weighted by atomic mass is 16.5. The predicted molar refractivity (Wildman–Crippen MR) is 72.6 cm³/mol. The summed E-state index contributed by atoms with van der Waals surface area (Å²) in [5.74, 6) is 1.00. The van der Waals surface area contributed by atoms with Crippen LogP contribution < -0.4 is 4.90 Å². The van der Waals surface area contributed by atoms with Gasteiger partial charge in [-0.3, -0.25) is 4.79 Å². The minimum Gasteiger partial charge on any atom is -0.371 e. The van der Waals surface area contributed by atoms with Crippen LogP contribution >= 0.6 is 0 Å². The fourth-order valence-electron chi connectivity index (χ4n) is 2.93. The van der Waals surface area contributed by atoms with Crippen LogP contribution in [0.15, 0.2) is 30.3 Å². The molecule has 4 heteroatoms. The van der Waals surface area contributed by atoms with Crippen LogP contribution in [0.5, 0.6) is 0 Å². The molecule has 0 N–H and O–H groups in total. The summed E-state index contributed by atoms with van der Waals surface area (Å²) in [5, 5.41) is 1.01. The van der Waals surface area contributed by atoms with Gasteiger partial charge in [0.1, 0.15) is 12.1 Å². The number of ether oxygens (including phenoxy) is 1. The Balaban J connectivity index is 1.69. The SMILES string of the molecule is O=Cc1ccc2nc(N3C[C@H]4C[C@@H](C3)O4)ccc2c1. The molecule has 2 aromatic rings. The standard InChI is InChI=1S/C15H14N2O2/c18-9-10-1-3-14-11(5-10)2-4-15(16-14)17-7-12-6-13(8-17)19-12/h1-5,9,12-13H,6-8H2/t12-,13+. The number of carbonyl (C=O) groups excluding carboxylic acids is 1. The van der Waals surface area contributed by atoms with Gasteiger partial charge in [0, 0.05) is 30.5 Å². The van der Waals surface area contributed by atoms with Gasteiger partial charge in [-0.1, -0.05) is 0 Å². The molecule has 0 saturated carbocycles. The number of anilines is 1. The molecule has 4 nitrogen and oxygen atoms in total. The van der Waals surface area contributed by atoms with Gasteiger partial charge in [-0.15, -0.1) is 0 Å². The number of benzene rings is 1. The average Bonchev–Trinajstić information content (AvgIpc) is 2.45. The van der Waals surface area contributed by atoms with Crippen molar-refractivity contribution in [2.24, 2.45) is 0 Å². The molecule has 0 amide bonds. The molecule has 0 unspecified atom stereocenters. The summed E-state index contributed by atoms with van der Waals surface area (Å²) in [4.78, 5) is 17.7. The van der Waals surface area contributed by atoms with E-state index >= 15 is 0 Å². The molecule has 5 rings (SSSR count). The molecule has 19 heavy (non-hydrogen) atoms. The van der Waals surface area contributed by atoms with Gasteiger partial charge >= 0.3 is 0 Å². The summed E-state index contributed by atoms with van der Waals surface area (Å²) < 4.78 is 5.64. The first-order valence-corrected chi connectivity index (χ1v) is 6.58. The lowest BCUT2D eigenvalue weighted by Gasteiger charge is -2.47. The summed E-state index contributed by atoms with van der Waals surface area (Å²) >= 11 is 0. The molecule has 0 spiro atoms. The first kappa shape index (κ1) is 10.9. The number of aldehydes is 1. The molecule has 96 valence electrons. The molecule has 0 radical (unpaired) electrons. The summed E-state index contributed by atoms with van der Waals surface area (Å²) in [6.45, 7) is 1.86. The molecule has 3 saturated heterocycles. The molecule has 1 aromatic carbocycles. The van der Waals surface area contributed by atoms with Crippen molar-refractivity contribution in [3.8, 4) is 0 Å². The molecule has 3 fully saturated rings. The van der Waals surface area contributed by atoms with Crippen molar-refractivity contribution in [3.63, 3.8) is 0 Å². The molecule has 1 aromatic heterocycles. The normalized spacial score (nSPS) is 25.2. The van der Waals surface area contributed by atoms with E-state index < -0.39 is 0 Å². The fourth-order valence-corrected chi connectivity index (χ4v) is 2.93. The lowest BCUT2D eigenvalue weighted by Crippen LogP contribution is -2.57. The van der Waals surface area contributed by atoms with Crippen molar-refractivity contribution in [3.05, 3.63) is 35.9 Å². The smallest absolute Gasteiger partial charge is 0.150 e. The summed E-state index contributed by atoms with van der Waals surface area (Å²) in [6, 6.07) is 9.65. The van der Waals surface area contributed by atoms with Gasteiger partial charge in [-0.25, -0.2) is 4.98 Å². The Hall–Kier alpha value is -1.94. The topological polar surface area (TPSA) is 42.4 Å². The minimum atomic E-state index is 0.383. The monoisotopic (exact) mass is 254 g/mol. The van der Waals surface area contributed by atoms with Crippen molar-refractivity contribution in [1.82, 2.24) is 4.98 Å². The van der Waals surface area contributed by atoms with Gasteiger partial charge in [0.05, 0.1) is 17.7 Å².